The molecule has 1 atom stereocenters. The van der Waals surface area contributed by atoms with Gasteiger partial charge in [0.25, 0.3) is 5.69 Å². The molecular weight excluding hydrogens is 304 g/mol. The van der Waals surface area contributed by atoms with Crippen LogP contribution in [0.2, 0.25) is 0 Å². The second-order valence-electron chi connectivity index (χ2n) is 7.31. The maximum absolute atomic E-state index is 11.4. The number of aryl methyl sites for hydroxylation is 1. The second-order valence-corrected chi connectivity index (χ2v) is 7.31. The van der Waals surface area contributed by atoms with E-state index in [1.54, 1.807) is 6.07 Å². The number of likely N-dealkylation sites (N-methyl/N-ethyl adjacent to an activating group) is 1. The van der Waals surface area contributed by atoms with Crippen molar-refractivity contribution >= 4 is 11.4 Å². The van der Waals surface area contributed by atoms with Gasteiger partial charge in [0, 0.05) is 51.9 Å². The first-order valence-corrected chi connectivity index (χ1v) is 8.94. The SMILES string of the molecule is Cc1ccc(N2CCCC(CN3CCN(C)CC3)C2)c([N+](=O)[O-])c1. The number of nitrogens with zero attached hydrogens (tertiary/aromatic N) is 4. The molecule has 2 fully saturated rings. The fourth-order valence-corrected chi connectivity index (χ4v) is 3.88. The summed E-state index contributed by atoms with van der Waals surface area (Å²) in [5.74, 6) is 0.600. The Morgan fingerprint density at radius 3 is 2.67 bits per heavy atom. The van der Waals surface area contributed by atoms with Crippen LogP contribution in [0.15, 0.2) is 18.2 Å². The first-order valence-electron chi connectivity index (χ1n) is 8.94. The standard InChI is InChI=1S/C18H28N4O2/c1-15-5-6-17(18(12-15)22(23)24)21-7-3-4-16(14-21)13-20-10-8-19(2)9-11-20/h5-6,12,16H,3-4,7-11,13-14H2,1-2H3. The first kappa shape index (κ1) is 17.2. The zero-order chi connectivity index (χ0) is 17.1. The molecule has 2 saturated heterocycles. The van der Waals surface area contributed by atoms with Crippen molar-refractivity contribution < 1.29 is 4.92 Å². The summed E-state index contributed by atoms with van der Waals surface area (Å²) in [6.45, 7) is 9.42. The normalized spacial score (nSPS) is 23.4. The van der Waals surface area contributed by atoms with Gasteiger partial charge in [0.2, 0.25) is 0 Å². The molecule has 3 rings (SSSR count). The van der Waals surface area contributed by atoms with Crippen molar-refractivity contribution in [1.82, 2.24) is 9.80 Å². The molecule has 2 aliphatic rings. The van der Waals surface area contributed by atoms with E-state index >= 15 is 0 Å². The van der Waals surface area contributed by atoms with Crippen molar-refractivity contribution in [2.45, 2.75) is 19.8 Å². The molecule has 0 amide bonds. The van der Waals surface area contributed by atoms with Crippen LogP contribution in [0.5, 0.6) is 0 Å². The number of piperidine rings is 1. The van der Waals surface area contributed by atoms with Gasteiger partial charge in [-0.05, 0) is 44.4 Å². The average Bonchev–Trinajstić information content (AvgIpc) is 2.57. The van der Waals surface area contributed by atoms with Gasteiger partial charge in [-0.3, -0.25) is 10.1 Å². The lowest BCUT2D eigenvalue weighted by Crippen LogP contribution is -2.48. The van der Waals surface area contributed by atoms with Gasteiger partial charge in [0.1, 0.15) is 5.69 Å². The topological polar surface area (TPSA) is 52.9 Å². The largest absolute Gasteiger partial charge is 0.366 e. The van der Waals surface area contributed by atoms with Crippen molar-refractivity contribution in [1.29, 1.82) is 0 Å². The number of anilines is 1. The van der Waals surface area contributed by atoms with Crippen molar-refractivity contribution in [3.63, 3.8) is 0 Å². The van der Waals surface area contributed by atoms with E-state index in [1.807, 2.05) is 19.1 Å². The van der Waals surface area contributed by atoms with E-state index in [0.29, 0.717) is 5.92 Å². The van der Waals surface area contributed by atoms with Crippen molar-refractivity contribution in [2.24, 2.45) is 5.92 Å². The lowest BCUT2D eigenvalue weighted by Gasteiger charge is -2.39. The summed E-state index contributed by atoms with van der Waals surface area (Å²) in [5.41, 5.74) is 1.97. The highest BCUT2D eigenvalue weighted by Crippen LogP contribution is 2.32. The Morgan fingerprint density at radius 2 is 1.96 bits per heavy atom. The quantitative estimate of drug-likeness (QED) is 0.626. The van der Waals surface area contributed by atoms with Crippen LogP contribution >= 0.6 is 0 Å². The number of nitro benzene ring substituents is 1. The molecule has 0 spiro atoms. The van der Waals surface area contributed by atoms with E-state index in [1.165, 1.54) is 6.42 Å². The summed E-state index contributed by atoms with van der Waals surface area (Å²) in [5, 5.41) is 11.4. The Labute approximate surface area is 144 Å². The smallest absolute Gasteiger partial charge is 0.292 e. The summed E-state index contributed by atoms with van der Waals surface area (Å²) in [7, 11) is 2.18. The molecule has 0 aromatic heterocycles. The monoisotopic (exact) mass is 332 g/mol. The van der Waals surface area contributed by atoms with Crippen LogP contribution in [-0.4, -0.2) is 67.6 Å². The molecule has 132 valence electrons. The maximum Gasteiger partial charge on any atom is 0.292 e. The Bertz CT molecular complexity index is 584. The molecule has 2 aliphatic heterocycles. The van der Waals surface area contributed by atoms with E-state index in [4.69, 9.17) is 0 Å². The van der Waals surface area contributed by atoms with Gasteiger partial charge < -0.3 is 14.7 Å². The molecule has 24 heavy (non-hydrogen) atoms. The minimum absolute atomic E-state index is 0.244. The second kappa shape index (κ2) is 7.49. The molecule has 1 unspecified atom stereocenters. The Morgan fingerprint density at radius 1 is 1.21 bits per heavy atom. The Balaban J connectivity index is 1.66. The highest BCUT2D eigenvalue weighted by molar-refractivity contribution is 5.64. The van der Waals surface area contributed by atoms with Gasteiger partial charge in [0.15, 0.2) is 0 Å². The Kier molecular flexibility index (Phi) is 5.36. The third kappa shape index (κ3) is 4.05. The molecule has 1 aromatic rings. The number of hydrogen-bond donors (Lipinski definition) is 0. The third-order valence-corrected chi connectivity index (χ3v) is 5.30. The van der Waals surface area contributed by atoms with E-state index in [9.17, 15) is 10.1 Å². The van der Waals surface area contributed by atoms with E-state index in [0.717, 1.165) is 63.5 Å². The van der Waals surface area contributed by atoms with E-state index in [-0.39, 0.29) is 10.6 Å². The fraction of sp³-hybridized carbons (Fsp3) is 0.667. The molecule has 6 heteroatoms. The molecule has 2 heterocycles. The van der Waals surface area contributed by atoms with Crippen LogP contribution in [0.4, 0.5) is 11.4 Å². The van der Waals surface area contributed by atoms with Gasteiger partial charge in [-0.2, -0.15) is 0 Å². The van der Waals surface area contributed by atoms with E-state index < -0.39 is 0 Å². The average molecular weight is 332 g/mol. The highest BCUT2D eigenvalue weighted by Gasteiger charge is 2.27. The van der Waals surface area contributed by atoms with Crippen LogP contribution in [0.25, 0.3) is 0 Å². The van der Waals surface area contributed by atoms with Gasteiger partial charge >= 0.3 is 0 Å². The molecule has 0 radical (unpaired) electrons. The van der Waals surface area contributed by atoms with Gasteiger partial charge in [0.05, 0.1) is 4.92 Å². The van der Waals surface area contributed by atoms with Crippen molar-refractivity contribution in [2.75, 3.05) is 57.8 Å². The third-order valence-electron chi connectivity index (χ3n) is 5.30. The molecular formula is C18H28N4O2. The number of nitro groups is 1. The fourth-order valence-electron chi connectivity index (χ4n) is 3.88. The maximum atomic E-state index is 11.4. The zero-order valence-corrected chi connectivity index (χ0v) is 14.8. The van der Waals surface area contributed by atoms with Crippen LogP contribution in [0.1, 0.15) is 18.4 Å². The molecule has 6 nitrogen and oxygen atoms in total. The van der Waals surface area contributed by atoms with E-state index in [2.05, 4.69) is 21.7 Å². The first-order chi connectivity index (χ1) is 11.5. The van der Waals surface area contributed by atoms with Crippen LogP contribution in [-0.2, 0) is 0 Å². The summed E-state index contributed by atoms with van der Waals surface area (Å²) in [6, 6.07) is 5.59. The van der Waals surface area contributed by atoms with Gasteiger partial charge in [-0.1, -0.05) is 6.07 Å². The summed E-state index contributed by atoms with van der Waals surface area (Å²) in [4.78, 5) is 18.3. The lowest BCUT2D eigenvalue weighted by molar-refractivity contribution is -0.384. The lowest BCUT2D eigenvalue weighted by atomic mass is 9.96. The molecule has 0 bridgehead atoms. The number of benzene rings is 1. The molecule has 0 N–H and O–H groups in total. The Hall–Kier alpha value is -1.66. The number of hydrogen-bond acceptors (Lipinski definition) is 5. The number of rotatable bonds is 4. The van der Waals surface area contributed by atoms with Crippen LogP contribution in [0.3, 0.4) is 0 Å². The van der Waals surface area contributed by atoms with Gasteiger partial charge in [-0.25, -0.2) is 0 Å². The minimum atomic E-state index is -0.244. The molecule has 1 aromatic carbocycles. The predicted molar refractivity (Wildman–Crippen MR) is 96.7 cm³/mol. The van der Waals surface area contributed by atoms with Crippen molar-refractivity contribution in [3.05, 3.63) is 33.9 Å². The van der Waals surface area contributed by atoms with Gasteiger partial charge in [-0.15, -0.1) is 0 Å². The van der Waals surface area contributed by atoms with Crippen LogP contribution in [0, 0.1) is 23.0 Å². The summed E-state index contributed by atoms with van der Waals surface area (Å²) < 4.78 is 0. The summed E-state index contributed by atoms with van der Waals surface area (Å²) in [6.07, 6.45) is 2.34. The van der Waals surface area contributed by atoms with Crippen molar-refractivity contribution in [3.8, 4) is 0 Å². The van der Waals surface area contributed by atoms with Crippen LogP contribution < -0.4 is 4.90 Å². The predicted octanol–water partition coefficient (Wildman–Crippen LogP) is 2.37. The minimum Gasteiger partial charge on any atom is -0.366 e. The summed E-state index contributed by atoms with van der Waals surface area (Å²) >= 11 is 0. The zero-order valence-electron chi connectivity index (χ0n) is 14.8. The number of piperazine rings is 1. The highest BCUT2D eigenvalue weighted by atomic mass is 16.6. The molecule has 0 saturated carbocycles. The molecule has 0 aliphatic carbocycles.